The second-order valence-electron chi connectivity index (χ2n) is 12.7. The summed E-state index contributed by atoms with van der Waals surface area (Å²) in [5.74, 6) is 2.51. The van der Waals surface area contributed by atoms with Gasteiger partial charge in [0.25, 0.3) is 5.91 Å². The number of nitrogens with zero attached hydrogens (tertiary/aromatic N) is 2. The van der Waals surface area contributed by atoms with Crippen molar-refractivity contribution < 1.29 is 19.4 Å². The predicted molar refractivity (Wildman–Crippen MR) is 181 cm³/mol. The maximum Gasteiger partial charge on any atom is 0.253 e. The molecule has 7 nitrogen and oxygen atoms in total. The summed E-state index contributed by atoms with van der Waals surface area (Å²) < 4.78 is 14.4. The summed E-state index contributed by atoms with van der Waals surface area (Å²) >= 11 is 0. The largest absolute Gasteiger partial charge is 0.508 e. The molecular weight excluding hydrogens is 562 g/mol. The van der Waals surface area contributed by atoms with Crippen molar-refractivity contribution in [3.05, 3.63) is 89.6 Å². The number of aromatic nitrogens is 1. The Morgan fingerprint density at radius 1 is 1.00 bits per heavy atom. The highest BCUT2D eigenvalue weighted by molar-refractivity contribution is 6.08. The van der Waals surface area contributed by atoms with Crippen molar-refractivity contribution in [2.45, 2.75) is 78.5 Å². The monoisotopic (exact) mass is 611 g/mol. The number of nitrogens with one attached hydrogen (secondary N) is 1. The highest BCUT2D eigenvalue weighted by atomic mass is 16.5. The highest BCUT2D eigenvalue weighted by Gasteiger charge is 2.20. The van der Waals surface area contributed by atoms with E-state index >= 15 is 0 Å². The van der Waals surface area contributed by atoms with E-state index in [-0.39, 0.29) is 17.8 Å². The topological polar surface area (TPSA) is 76.0 Å². The fraction of sp³-hybridized carbons (Fsp3) is 0.447. The molecule has 2 N–H and O–H groups in total. The molecule has 1 aliphatic heterocycles. The van der Waals surface area contributed by atoms with Crippen molar-refractivity contribution in [2.75, 3.05) is 26.2 Å². The minimum absolute atomic E-state index is 0.0434. The number of phenols is 1. The molecule has 4 aromatic rings. The molecule has 5 rings (SSSR count). The molecule has 0 saturated carbocycles. The first-order chi connectivity index (χ1) is 21.9. The summed E-state index contributed by atoms with van der Waals surface area (Å²) in [5, 5.41) is 13.6. The van der Waals surface area contributed by atoms with E-state index in [1.54, 1.807) is 12.1 Å². The Balaban J connectivity index is 1.19. The van der Waals surface area contributed by atoms with Crippen molar-refractivity contribution >= 4 is 16.8 Å². The lowest BCUT2D eigenvalue weighted by molar-refractivity contribution is 0.0952. The fourth-order valence-corrected chi connectivity index (χ4v) is 6.42. The number of aryl methyl sites for hydroxylation is 2. The second kappa shape index (κ2) is 15.8. The van der Waals surface area contributed by atoms with Gasteiger partial charge >= 0.3 is 0 Å². The summed E-state index contributed by atoms with van der Waals surface area (Å²) in [5.41, 5.74) is 3.98. The molecule has 1 amide bonds. The van der Waals surface area contributed by atoms with E-state index in [9.17, 15) is 9.90 Å². The van der Waals surface area contributed by atoms with Crippen LogP contribution in [-0.2, 0) is 13.1 Å². The molecule has 1 aromatic heterocycles. The molecule has 1 unspecified atom stereocenters. The quantitative estimate of drug-likeness (QED) is 0.162. The number of amides is 1. The van der Waals surface area contributed by atoms with E-state index in [1.807, 2.05) is 62.5 Å². The number of para-hydroxylation sites is 1. The average molecular weight is 612 g/mol. The summed E-state index contributed by atoms with van der Waals surface area (Å²) in [6.45, 7) is 11.3. The van der Waals surface area contributed by atoms with E-state index in [2.05, 4.69) is 33.8 Å². The number of carbonyl (C=O) groups is 1. The molecule has 1 atom stereocenters. The first-order valence-electron chi connectivity index (χ1n) is 16.6. The van der Waals surface area contributed by atoms with E-state index in [4.69, 9.17) is 9.47 Å². The number of benzene rings is 3. The number of hydrogen-bond donors (Lipinski definition) is 2. The van der Waals surface area contributed by atoms with Crippen molar-refractivity contribution in [2.24, 2.45) is 5.92 Å². The lowest BCUT2D eigenvalue weighted by atomic mass is 9.91. The Morgan fingerprint density at radius 2 is 1.82 bits per heavy atom. The van der Waals surface area contributed by atoms with Gasteiger partial charge in [0.05, 0.1) is 17.2 Å². The number of rotatable bonds is 13. The van der Waals surface area contributed by atoms with Crippen LogP contribution in [0.3, 0.4) is 0 Å². The minimum atomic E-state index is -0.0588. The van der Waals surface area contributed by atoms with Crippen LogP contribution in [0.25, 0.3) is 10.9 Å². The third-order valence-electron chi connectivity index (χ3n) is 8.72. The van der Waals surface area contributed by atoms with E-state index in [0.29, 0.717) is 24.6 Å². The van der Waals surface area contributed by atoms with Crippen LogP contribution in [0.2, 0.25) is 0 Å². The zero-order chi connectivity index (χ0) is 31.6. The molecule has 1 aliphatic rings. The van der Waals surface area contributed by atoms with Gasteiger partial charge in [0.1, 0.15) is 23.9 Å². The van der Waals surface area contributed by atoms with Crippen LogP contribution in [0.15, 0.2) is 72.9 Å². The standard InChI is InChI=1S/C38H49N3O4/c1-28(2)45-36-14-7-13-34-35(38(43)39-26-31-11-6-9-29(3)25-31)27-41(37(34)36)21-8-12-30-10-4-5-20-40(22-19-30)23-24-44-33-17-15-32(42)16-18-33/h6-7,9,11,13-18,25,27-28,30,42H,4-5,8,10,12,19-24,26H2,1-3H3,(H,39,43). The Labute approximate surface area is 268 Å². The van der Waals surface area contributed by atoms with Gasteiger partial charge in [-0.05, 0) is 101 Å². The van der Waals surface area contributed by atoms with Gasteiger partial charge in [-0.25, -0.2) is 0 Å². The summed E-state index contributed by atoms with van der Waals surface area (Å²) in [6, 6.07) is 21.2. The molecule has 7 heteroatoms. The van der Waals surface area contributed by atoms with Gasteiger partial charge in [0, 0.05) is 31.2 Å². The zero-order valence-electron chi connectivity index (χ0n) is 27.1. The van der Waals surface area contributed by atoms with Gasteiger partial charge in [-0.3, -0.25) is 9.69 Å². The van der Waals surface area contributed by atoms with Gasteiger partial charge in [-0.2, -0.15) is 0 Å². The summed E-state index contributed by atoms with van der Waals surface area (Å²) in [7, 11) is 0. The van der Waals surface area contributed by atoms with Gasteiger partial charge in [0.2, 0.25) is 0 Å². The molecule has 45 heavy (non-hydrogen) atoms. The van der Waals surface area contributed by atoms with Crippen LogP contribution in [-0.4, -0.2) is 52.8 Å². The zero-order valence-corrected chi connectivity index (χ0v) is 27.1. The van der Waals surface area contributed by atoms with E-state index in [0.717, 1.165) is 60.6 Å². The van der Waals surface area contributed by atoms with Crippen LogP contribution in [0.5, 0.6) is 17.2 Å². The molecular formula is C38H49N3O4. The molecule has 0 bridgehead atoms. The van der Waals surface area contributed by atoms with E-state index in [1.165, 1.54) is 37.7 Å². The Kier molecular flexibility index (Phi) is 11.4. The molecule has 2 heterocycles. The van der Waals surface area contributed by atoms with Crippen LogP contribution < -0.4 is 14.8 Å². The van der Waals surface area contributed by atoms with E-state index < -0.39 is 0 Å². The van der Waals surface area contributed by atoms with Crippen molar-refractivity contribution in [3.63, 3.8) is 0 Å². The molecule has 0 spiro atoms. The van der Waals surface area contributed by atoms with Gasteiger partial charge in [-0.15, -0.1) is 0 Å². The van der Waals surface area contributed by atoms with Gasteiger partial charge < -0.3 is 24.5 Å². The molecule has 3 aromatic carbocycles. The van der Waals surface area contributed by atoms with Crippen LogP contribution in [0, 0.1) is 12.8 Å². The number of hydrogen-bond acceptors (Lipinski definition) is 5. The summed E-state index contributed by atoms with van der Waals surface area (Å²) in [6.07, 6.45) is 9.23. The first-order valence-corrected chi connectivity index (χ1v) is 16.6. The van der Waals surface area contributed by atoms with Crippen LogP contribution in [0.1, 0.15) is 73.9 Å². The normalized spacial score (nSPS) is 16.0. The van der Waals surface area contributed by atoms with Crippen LogP contribution in [0.4, 0.5) is 0 Å². The smallest absolute Gasteiger partial charge is 0.253 e. The first kappa shape index (κ1) is 32.4. The number of carbonyl (C=O) groups excluding carboxylic acids is 1. The molecule has 240 valence electrons. The SMILES string of the molecule is Cc1cccc(CNC(=O)c2cn(CCCC3CCCCN(CCOc4ccc(O)cc4)CC3)c3c(OC(C)C)cccc23)c1. The van der Waals surface area contributed by atoms with Gasteiger partial charge in [-0.1, -0.05) is 54.8 Å². The number of ether oxygens (including phenoxy) is 2. The van der Waals surface area contributed by atoms with Crippen molar-refractivity contribution in [1.29, 1.82) is 0 Å². The highest BCUT2D eigenvalue weighted by Crippen LogP contribution is 2.32. The molecule has 1 saturated heterocycles. The number of likely N-dealkylation sites (tertiary alicyclic amines) is 1. The number of fused-ring (bicyclic) bond motifs is 1. The second-order valence-corrected chi connectivity index (χ2v) is 12.7. The Bertz CT molecular complexity index is 1530. The predicted octanol–water partition coefficient (Wildman–Crippen LogP) is 7.72. The molecule has 0 aliphatic carbocycles. The van der Waals surface area contributed by atoms with Gasteiger partial charge in [0.15, 0.2) is 0 Å². The molecule has 0 radical (unpaired) electrons. The number of aromatic hydroxyl groups is 1. The minimum Gasteiger partial charge on any atom is -0.508 e. The number of phenolic OH excluding ortho intramolecular Hbond substituents is 1. The van der Waals surface area contributed by atoms with Crippen LogP contribution >= 0.6 is 0 Å². The lowest BCUT2D eigenvalue weighted by Gasteiger charge is -2.28. The Morgan fingerprint density at radius 3 is 2.62 bits per heavy atom. The average Bonchev–Trinajstić information content (AvgIpc) is 3.38. The lowest BCUT2D eigenvalue weighted by Crippen LogP contribution is -2.33. The van der Waals surface area contributed by atoms with Crippen molar-refractivity contribution in [1.82, 2.24) is 14.8 Å². The fourth-order valence-electron chi connectivity index (χ4n) is 6.42. The summed E-state index contributed by atoms with van der Waals surface area (Å²) in [4.78, 5) is 16.0. The maximum absolute atomic E-state index is 13.5. The third-order valence-corrected chi connectivity index (χ3v) is 8.72. The van der Waals surface area contributed by atoms with Crippen molar-refractivity contribution in [3.8, 4) is 17.2 Å². The Hall–Kier alpha value is -3.97. The maximum atomic E-state index is 13.5. The third kappa shape index (κ3) is 9.27. The molecule has 1 fully saturated rings.